The van der Waals surface area contributed by atoms with Crippen LogP contribution in [0.25, 0.3) is 6.08 Å². The summed E-state index contributed by atoms with van der Waals surface area (Å²) in [6, 6.07) is 12.2. The van der Waals surface area contributed by atoms with Gasteiger partial charge in [-0.25, -0.2) is 5.43 Å². The predicted molar refractivity (Wildman–Crippen MR) is 129 cm³/mol. The van der Waals surface area contributed by atoms with Crippen molar-refractivity contribution in [3.63, 3.8) is 0 Å². The molecule has 0 fully saturated rings. The van der Waals surface area contributed by atoms with E-state index in [0.29, 0.717) is 21.2 Å². The van der Waals surface area contributed by atoms with Crippen molar-refractivity contribution in [3.8, 4) is 11.5 Å². The van der Waals surface area contributed by atoms with Crippen LogP contribution in [0, 0.1) is 13.8 Å². The Labute approximate surface area is 197 Å². The fourth-order valence-electron chi connectivity index (χ4n) is 2.78. The Balaban J connectivity index is 1.83. The second-order valence-electron chi connectivity index (χ2n) is 6.77. The van der Waals surface area contributed by atoms with Crippen LogP contribution < -0.4 is 10.7 Å². The molecule has 7 nitrogen and oxygen atoms in total. The Bertz CT molecular complexity index is 1180. The topological polar surface area (TPSA) is 111 Å². The van der Waals surface area contributed by atoms with Gasteiger partial charge in [-0.15, -0.1) is 11.3 Å². The standard InChI is InChI=1S/C23H20BrN3O4S/c1-13-17(20(28)14(2)21(29)19(13)24)12-25-27-23(31)18(11-16-9-6-10-32-16)26-22(30)15-7-4-3-5-8-15/h3-12,28-29H,1-2H3,(H,26,30)(H,27,31)/b18-11+,25-12+. The number of thiophene rings is 1. The maximum Gasteiger partial charge on any atom is 0.287 e. The van der Waals surface area contributed by atoms with E-state index in [4.69, 9.17) is 0 Å². The SMILES string of the molecule is Cc1c(O)c(Br)c(C)c(/C=N/NC(=O)/C(=C\c2cccs2)NC(=O)c2ccccc2)c1O. The maximum atomic E-state index is 12.8. The molecule has 1 heterocycles. The van der Waals surface area contributed by atoms with Crippen molar-refractivity contribution < 1.29 is 19.8 Å². The molecule has 9 heteroatoms. The fourth-order valence-corrected chi connectivity index (χ4v) is 3.95. The lowest BCUT2D eigenvalue weighted by Gasteiger charge is -2.12. The summed E-state index contributed by atoms with van der Waals surface area (Å²) >= 11 is 4.69. The Hall–Kier alpha value is -3.43. The molecule has 0 saturated heterocycles. The molecule has 0 bridgehead atoms. The predicted octanol–water partition coefficient (Wildman–Crippen LogP) is 4.46. The smallest absolute Gasteiger partial charge is 0.287 e. The number of hydrazone groups is 1. The van der Waals surface area contributed by atoms with Crippen LogP contribution in [0.15, 0.2) is 63.1 Å². The molecule has 2 aromatic carbocycles. The van der Waals surface area contributed by atoms with Gasteiger partial charge in [0, 0.05) is 21.6 Å². The highest BCUT2D eigenvalue weighted by molar-refractivity contribution is 9.10. The van der Waals surface area contributed by atoms with E-state index in [1.54, 1.807) is 50.3 Å². The molecule has 1 aromatic heterocycles. The number of aromatic hydroxyl groups is 2. The van der Waals surface area contributed by atoms with Crippen LogP contribution in [-0.4, -0.2) is 28.2 Å². The Morgan fingerprint density at radius 3 is 2.41 bits per heavy atom. The molecule has 32 heavy (non-hydrogen) atoms. The van der Waals surface area contributed by atoms with Gasteiger partial charge in [0.1, 0.15) is 17.2 Å². The number of rotatable bonds is 6. The van der Waals surface area contributed by atoms with E-state index in [-0.39, 0.29) is 22.8 Å². The van der Waals surface area contributed by atoms with E-state index in [9.17, 15) is 19.8 Å². The summed E-state index contributed by atoms with van der Waals surface area (Å²) in [7, 11) is 0. The molecular weight excluding hydrogens is 494 g/mol. The zero-order valence-corrected chi connectivity index (χ0v) is 19.6. The molecule has 0 radical (unpaired) electrons. The number of hydrogen-bond donors (Lipinski definition) is 4. The molecule has 0 spiro atoms. The second-order valence-corrected chi connectivity index (χ2v) is 8.54. The third-order valence-corrected chi connectivity index (χ3v) is 6.41. The Kier molecular flexibility index (Phi) is 7.45. The van der Waals surface area contributed by atoms with Gasteiger partial charge < -0.3 is 15.5 Å². The monoisotopic (exact) mass is 513 g/mol. The van der Waals surface area contributed by atoms with E-state index in [0.717, 1.165) is 4.88 Å². The summed E-state index contributed by atoms with van der Waals surface area (Å²) in [5, 5.41) is 28.7. The third-order valence-electron chi connectivity index (χ3n) is 4.63. The lowest BCUT2D eigenvalue weighted by atomic mass is 10.0. The van der Waals surface area contributed by atoms with E-state index in [1.807, 2.05) is 17.5 Å². The zero-order chi connectivity index (χ0) is 23.3. The van der Waals surface area contributed by atoms with Gasteiger partial charge in [-0.2, -0.15) is 5.10 Å². The largest absolute Gasteiger partial charge is 0.507 e. The number of carbonyl (C=O) groups excluding carboxylic acids is 2. The van der Waals surface area contributed by atoms with E-state index >= 15 is 0 Å². The lowest BCUT2D eigenvalue weighted by Crippen LogP contribution is -2.32. The van der Waals surface area contributed by atoms with Gasteiger partial charge in [0.25, 0.3) is 11.8 Å². The minimum atomic E-state index is -0.634. The quantitative estimate of drug-likeness (QED) is 0.221. The van der Waals surface area contributed by atoms with E-state index < -0.39 is 11.8 Å². The molecule has 2 amide bonds. The van der Waals surface area contributed by atoms with Crippen molar-refractivity contribution in [3.05, 3.63) is 85.1 Å². The van der Waals surface area contributed by atoms with Crippen molar-refractivity contribution in [2.24, 2.45) is 5.10 Å². The number of amides is 2. The minimum absolute atomic E-state index is 0.0162. The van der Waals surface area contributed by atoms with Gasteiger partial charge in [0.2, 0.25) is 0 Å². The summed E-state index contributed by atoms with van der Waals surface area (Å²) in [5.41, 5.74) is 3.97. The number of carbonyl (C=O) groups is 2. The number of hydrogen-bond acceptors (Lipinski definition) is 6. The molecule has 3 rings (SSSR count). The number of phenols is 2. The van der Waals surface area contributed by atoms with Gasteiger partial charge in [0.05, 0.1) is 10.7 Å². The normalized spacial score (nSPS) is 11.5. The molecule has 4 N–H and O–H groups in total. The molecule has 0 aliphatic rings. The first-order valence-electron chi connectivity index (χ1n) is 9.45. The van der Waals surface area contributed by atoms with Crippen LogP contribution in [0.5, 0.6) is 11.5 Å². The molecule has 0 atom stereocenters. The number of nitrogens with zero attached hydrogens (tertiary/aromatic N) is 1. The minimum Gasteiger partial charge on any atom is -0.507 e. The van der Waals surface area contributed by atoms with Gasteiger partial charge in [0.15, 0.2) is 0 Å². The molecule has 0 aliphatic carbocycles. The fraction of sp³-hybridized carbons (Fsp3) is 0.0870. The van der Waals surface area contributed by atoms with Crippen LogP contribution in [-0.2, 0) is 4.79 Å². The number of phenolic OH excluding ortho intramolecular Hbond substituents is 2. The van der Waals surface area contributed by atoms with Crippen LogP contribution in [0.1, 0.15) is 31.9 Å². The van der Waals surface area contributed by atoms with E-state index in [2.05, 4.69) is 31.8 Å². The van der Waals surface area contributed by atoms with Gasteiger partial charge in [-0.1, -0.05) is 24.3 Å². The summed E-state index contributed by atoms with van der Waals surface area (Å²) < 4.78 is 0.425. The molecule has 0 aliphatic heterocycles. The zero-order valence-electron chi connectivity index (χ0n) is 17.2. The van der Waals surface area contributed by atoms with Crippen molar-refractivity contribution in [2.45, 2.75) is 13.8 Å². The molecule has 164 valence electrons. The van der Waals surface area contributed by atoms with Gasteiger partial charge >= 0.3 is 0 Å². The summed E-state index contributed by atoms with van der Waals surface area (Å²) in [5.74, 6) is -1.27. The van der Waals surface area contributed by atoms with Crippen molar-refractivity contribution in [1.82, 2.24) is 10.7 Å². The first-order valence-corrected chi connectivity index (χ1v) is 11.1. The lowest BCUT2D eigenvalue weighted by molar-refractivity contribution is -0.117. The number of halogens is 1. The van der Waals surface area contributed by atoms with Crippen LogP contribution in [0.4, 0.5) is 0 Å². The maximum absolute atomic E-state index is 12.8. The highest BCUT2D eigenvalue weighted by atomic mass is 79.9. The van der Waals surface area contributed by atoms with Crippen molar-refractivity contribution in [2.75, 3.05) is 0 Å². The van der Waals surface area contributed by atoms with Crippen LogP contribution in [0.3, 0.4) is 0 Å². The van der Waals surface area contributed by atoms with E-state index in [1.165, 1.54) is 17.6 Å². The van der Waals surface area contributed by atoms with Crippen molar-refractivity contribution >= 4 is 51.4 Å². The van der Waals surface area contributed by atoms with Crippen LogP contribution in [0.2, 0.25) is 0 Å². The molecule has 0 saturated carbocycles. The average molecular weight is 514 g/mol. The van der Waals surface area contributed by atoms with Crippen molar-refractivity contribution in [1.29, 1.82) is 0 Å². The van der Waals surface area contributed by atoms with Crippen LogP contribution >= 0.6 is 27.3 Å². The number of benzene rings is 2. The molecule has 0 unspecified atom stereocenters. The second kappa shape index (κ2) is 10.3. The summed E-state index contributed by atoms with van der Waals surface area (Å²) in [6.45, 7) is 3.25. The Morgan fingerprint density at radius 2 is 1.75 bits per heavy atom. The summed E-state index contributed by atoms with van der Waals surface area (Å²) in [6.07, 6.45) is 2.84. The third kappa shape index (κ3) is 5.24. The van der Waals surface area contributed by atoms with Gasteiger partial charge in [-0.05, 0) is 65.0 Å². The highest BCUT2D eigenvalue weighted by Gasteiger charge is 2.17. The average Bonchev–Trinajstić information content (AvgIpc) is 3.31. The first-order chi connectivity index (χ1) is 15.3. The number of nitrogens with one attached hydrogen (secondary N) is 2. The van der Waals surface area contributed by atoms with Gasteiger partial charge in [-0.3, -0.25) is 9.59 Å². The Morgan fingerprint density at radius 1 is 1.03 bits per heavy atom. The first kappa shape index (κ1) is 23.2. The summed E-state index contributed by atoms with van der Waals surface area (Å²) in [4.78, 5) is 26.1. The molecule has 3 aromatic rings. The highest BCUT2D eigenvalue weighted by Crippen LogP contribution is 2.39. The molecular formula is C23H20BrN3O4S.